The van der Waals surface area contributed by atoms with Crippen molar-refractivity contribution in [1.82, 2.24) is 9.80 Å². The van der Waals surface area contributed by atoms with E-state index in [2.05, 4.69) is 20.8 Å². The van der Waals surface area contributed by atoms with E-state index >= 15 is 0 Å². The molecule has 0 aromatic heterocycles. The van der Waals surface area contributed by atoms with E-state index in [-0.39, 0.29) is 30.4 Å². The summed E-state index contributed by atoms with van der Waals surface area (Å²) in [6.07, 6.45) is 2.77. The molecule has 2 saturated heterocycles. The predicted octanol–water partition coefficient (Wildman–Crippen LogP) is 1.25. The van der Waals surface area contributed by atoms with Crippen LogP contribution in [0.1, 0.15) is 40.0 Å². The minimum absolute atomic E-state index is 0.128. The van der Waals surface area contributed by atoms with Crippen LogP contribution in [0.4, 0.5) is 0 Å². The summed E-state index contributed by atoms with van der Waals surface area (Å²) in [5.74, 6) is 0.840. The Hall–Kier alpha value is -1.06. The van der Waals surface area contributed by atoms with Crippen LogP contribution in [0.5, 0.6) is 0 Å². The smallest absolute Gasteiger partial charge is 0.246 e. The van der Waals surface area contributed by atoms with Gasteiger partial charge in [-0.3, -0.25) is 9.59 Å². The summed E-state index contributed by atoms with van der Waals surface area (Å²) in [6, 6.07) is 0.0139. The van der Waals surface area contributed by atoms with Gasteiger partial charge in [-0.1, -0.05) is 13.8 Å². The zero-order valence-corrected chi connectivity index (χ0v) is 11.0. The van der Waals surface area contributed by atoms with Crippen LogP contribution in [0.3, 0.4) is 0 Å². The van der Waals surface area contributed by atoms with E-state index in [1.807, 2.05) is 0 Å². The molecule has 4 nitrogen and oxygen atoms in total. The molecule has 2 aliphatic rings. The van der Waals surface area contributed by atoms with Gasteiger partial charge in [0.15, 0.2) is 0 Å². The molecule has 0 spiro atoms. The molecule has 17 heavy (non-hydrogen) atoms. The Kier molecular flexibility index (Phi) is 3.40. The number of fused-ring (bicyclic) bond motifs is 1. The van der Waals surface area contributed by atoms with Gasteiger partial charge in [0.1, 0.15) is 12.6 Å². The van der Waals surface area contributed by atoms with E-state index in [1.165, 1.54) is 0 Å². The first-order valence-electron chi connectivity index (χ1n) is 6.60. The monoisotopic (exact) mass is 238 g/mol. The molecule has 4 heteroatoms. The van der Waals surface area contributed by atoms with E-state index < -0.39 is 0 Å². The Morgan fingerprint density at radius 3 is 2.65 bits per heavy atom. The third kappa shape index (κ3) is 2.31. The van der Waals surface area contributed by atoms with Crippen molar-refractivity contribution >= 4 is 11.8 Å². The predicted molar refractivity (Wildman–Crippen MR) is 65.4 cm³/mol. The molecule has 0 radical (unpaired) electrons. The zero-order valence-electron chi connectivity index (χ0n) is 11.0. The summed E-state index contributed by atoms with van der Waals surface area (Å²) < 4.78 is 0. The van der Waals surface area contributed by atoms with Crippen LogP contribution in [0.25, 0.3) is 0 Å². The van der Waals surface area contributed by atoms with Crippen molar-refractivity contribution in [2.24, 2.45) is 5.92 Å². The van der Waals surface area contributed by atoms with Gasteiger partial charge in [-0.05, 0) is 32.1 Å². The lowest BCUT2D eigenvalue weighted by molar-refractivity contribution is -0.155. The van der Waals surface area contributed by atoms with Gasteiger partial charge >= 0.3 is 0 Å². The zero-order chi connectivity index (χ0) is 12.6. The molecule has 2 rings (SSSR count). The topological polar surface area (TPSA) is 40.6 Å². The standard InChI is InChI=1S/C13H22N2O2/c1-9(2)7-10(3)15-8-12(16)14-6-4-5-11(14)13(15)17/h9-11H,4-8H2,1-3H3. The van der Waals surface area contributed by atoms with Gasteiger partial charge in [0, 0.05) is 12.6 Å². The minimum Gasteiger partial charge on any atom is -0.329 e. The van der Waals surface area contributed by atoms with Crippen LogP contribution >= 0.6 is 0 Å². The van der Waals surface area contributed by atoms with Gasteiger partial charge in [0.05, 0.1) is 0 Å². The molecule has 0 aliphatic carbocycles. The van der Waals surface area contributed by atoms with E-state index in [4.69, 9.17) is 0 Å². The highest BCUT2D eigenvalue weighted by Gasteiger charge is 2.43. The lowest BCUT2D eigenvalue weighted by atomic mass is 10.0. The number of rotatable bonds is 3. The molecule has 0 aromatic rings. The fourth-order valence-electron chi connectivity index (χ4n) is 3.01. The van der Waals surface area contributed by atoms with Crippen molar-refractivity contribution in [1.29, 1.82) is 0 Å². The van der Waals surface area contributed by atoms with Gasteiger partial charge in [-0.25, -0.2) is 0 Å². The number of piperazine rings is 1. The van der Waals surface area contributed by atoms with Crippen LogP contribution < -0.4 is 0 Å². The molecule has 0 bridgehead atoms. The molecule has 2 atom stereocenters. The van der Waals surface area contributed by atoms with Crippen LogP contribution in [0, 0.1) is 5.92 Å². The number of hydrogen-bond donors (Lipinski definition) is 0. The Morgan fingerprint density at radius 2 is 2.00 bits per heavy atom. The lowest BCUT2D eigenvalue weighted by Gasteiger charge is -2.40. The first kappa shape index (κ1) is 12.4. The largest absolute Gasteiger partial charge is 0.329 e. The molecular weight excluding hydrogens is 216 g/mol. The molecule has 0 aromatic carbocycles. The van der Waals surface area contributed by atoms with Crippen LogP contribution in [0.2, 0.25) is 0 Å². The normalized spacial score (nSPS) is 26.7. The fourth-order valence-corrected chi connectivity index (χ4v) is 3.01. The summed E-state index contributed by atoms with van der Waals surface area (Å²) in [7, 11) is 0. The average molecular weight is 238 g/mol. The Bertz CT molecular complexity index is 327. The molecule has 0 saturated carbocycles. The van der Waals surface area contributed by atoms with Crippen molar-refractivity contribution in [3.05, 3.63) is 0 Å². The van der Waals surface area contributed by atoms with Gasteiger partial charge in [-0.15, -0.1) is 0 Å². The van der Waals surface area contributed by atoms with Crippen LogP contribution in [-0.2, 0) is 9.59 Å². The number of carbonyl (C=O) groups excluding carboxylic acids is 2. The second-order valence-corrected chi connectivity index (χ2v) is 5.69. The van der Waals surface area contributed by atoms with Crippen molar-refractivity contribution in [3.8, 4) is 0 Å². The highest BCUT2D eigenvalue weighted by molar-refractivity contribution is 5.95. The molecule has 2 heterocycles. The first-order valence-corrected chi connectivity index (χ1v) is 6.60. The maximum Gasteiger partial charge on any atom is 0.246 e. The number of amides is 2. The van der Waals surface area contributed by atoms with Gasteiger partial charge in [0.25, 0.3) is 0 Å². The average Bonchev–Trinajstić information content (AvgIpc) is 2.71. The number of carbonyl (C=O) groups is 2. The van der Waals surface area contributed by atoms with E-state index in [9.17, 15) is 9.59 Å². The van der Waals surface area contributed by atoms with Crippen molar-refractivity contribution < 1.29 is 9.59 Å². The van der Waals surface area contributed by atoms with Crippen LogP contribution in [-0.4, -0.2) is 46.8 Å². The third-order valence-corrected chi connectivity index (χ3v) is 3.79. The molecule has 0 N–H and O–H groups in total. The Balaban J connectivity index is 2.08. The van der Waals surface area contributed by atoms with Gasteiger partial charge < -0.3 is 9.80 Å². The van der Waals surface area contributed by atoms with Crippen LogP contribution in [0.15, 0.2) is 0 Å². The summed E-state index contributed by atoms with van der Waals surface area (Å²) in [5, 5.41) is 0. The highest BCUT2D eigenvalue weighted by Crippen LogP contribution is 2.26. The van der Waals surface area contributed by atoms with E-state index in [0.29, 0.717) is 5.92 Å². The first-order chi connectivity index (χ1) is 8.00. The molecule has 96 valence electrons. The lowest BCUT2D eigenvalue weighted by Crippen LogP contribution is -2.59. The molecular formula is C13H22N2O2. The molecule has 2 amide bonds. The van der Waals surface area contributed by atoms with Crippen molar-refractivity contribution in [2.45, 2.75) is 52.1 Å². The quantitative estimate of drug-likeness (QED) is 0.742. The van der Waals surface area contributed by atoms with Gasteiger partial charge in [0.2, 0.25) is 11.8 Å². The maximum atomic E-state index is 12.3. The summed E-state index contributed by atoms with van der Waals surface area (Å²) in [4.78, 5) is 27.8. The number of hydrogen-bond acceptors (Lipinski definition) is 2. The summed E-state index contributed by atoms with van der Waals surface area (Å²) in [6.45, 7) is 7.39. The number of nitrogens with zero attached hydrogens (tertiary/aromatic N) is 2. The molecule has 2 fully saturated rings. The molecule has 2 aliphatic heterocycles. The Labute approximate surface area is 103 Å². The van der Waals surface area contributed by atoms with Crippen molar-refractivity contribution in [3.63, 3.8) is 0 Å². The van der Waals surface area contributed by atoms with Gasteiger partial charge in [-0.2, -0.15) is 0 Å². The minimum atomic E-state index is -0.161. The fraction of sp³-hybridized carbons (Fsp3) is 0.846. The summed E-state index contributed by atoms with van der Waals surface area (Å²) in [5.41, 5.74) is 0. The van der Waals surface area contributed by atoms with E-state index in [1.54, 1.807) is 9.80 Å². The maximum absolute atomic E-state index is 12.3. The second kappa shape index (κ2) is 4.67. The van der Waals surface area contributed by atoms with Crippen molar-refractivity contribution in [2.75, 3.05) is 13.1 Å². The highest BCUT2D eigenvalue weighted by atomic mass is 16.2. The van der Waals surface area contributed by atoms with E-state index in [0.717, 1.165) is 25.8 Å². The molecule has 2 unspecified atom stereocenters. The Morgan fingerprint density at radius 1 is 1.29 bits per heavy atom. The SMILES string of the molecule is CC(C)CC(C)N1CC(=O)N2CCCC2C1=O. The summed E-state index contributed by atoms with van der Waals surface area (Å²) >= 11 is 0. The second-order valence-electron chi connectivity index (χ2n) is 5.69. The third-order valence-electron chi connectivity index (χ3n) is 3.79.